The summed E-state index contributed by atoms with van der Waals surface area (Å²) in [5.41, 5.74) is 4.05. The lowest BCUT2D eigenvalue weighted by molar-refractivity contribution is -0.140. The van der Waals surface area contributed by atoms with Crippen molar-refractivity contribution in [1.29, 1.82) is 0 Å². The molecule has 0 aliphatic carbocycles. The number of Topliss-reactive ketones (excluding diaryl/α,β-unsaturated/α-hetero) is 1. The molecular formula is C30H26N2O5. The molecule has 186 valence electrons. The summed E-state index contributed by atoms with van der Waals surface area (Å²) in [7, 11) is 1.59. The van der Waals surface area contributed by atoms with Crippen LogP contribution in [0.4, 0.5) is 0 Å². The summed E-state index contributed by atoms with van der Waals surface area (Å²) in [6.45, 7) is 0.864. The number of rotatable bonds is 5. The molecule has 6 rings (SSSR count). The Morgan fingerprint density at radius 3 is 2.73 bits per heavy atom. The number of ether oxygens (including phenoxy) is 2. The number of nitrogens with zero attached hydrogens (tertiary/aromatic N) is 1. The number of amides is 1. The van der Waals surface area contributed by atoms with Crippen molar-refractivity contribution in [3.8, 4) is 11.5 Å². The summed E-state index contributed by atoms with van der Waals surface area (Å²) >= 11 is 0. The fraction of sp³-hybridized carbons (Fsp3) is 0.200. The Bertz CT molecular complexity index is 1550. The summed E-state index contributed by atoms with van der Waals surface area (Å²) in [6, 6.07) is 19.8. The Balaban J connectivity index is 1.49. The molecule has 4 aromatic rings. The maximum absolute atomic E-state index is 13.5. The third kappa shape index (κ3) is 3.93. The van der Waals surface area contributed by atoms with E-state index in [1.54, 1.807) is 13.2 Å². The van der Waals surface area contributed by atoms with E-state index in [0.29, 0.717) is 17.9 Å². The number of aryl methyl sites for hydroxylation is 1. The first-order valence-corrected chi connectivity index (χ1v) is 12.3. The first-order chi connectivity index (χ1) is 18.0. The molecule has 3 aromatic carbocycles. The van der Waals surface area contributed by atoms with Gasteiger partial charge in [0, 0.05) is 34.8 Å². The van der Waals surface area contributed by atoms with Crippen molar-refractivity contribution in [2.24, 2.45) is 0 Å². The van der Waals surface area contributed by atoms with Crippen molar-refractivity contribution in [3.05, 3.63) is 101 Å². The lowest BCUT2D eigenvalue weighted by atomic mass is 9.93. The van der Waals surface area contributed by atoms with E-state index in [4.69, 9.17) is 9.47 Å². The number of fused-ring (bicyclic) bond motifs is 2. The molecule has 1 unspecified atom stereocenters. The molecule has 2 aliphatic heterocycles. The van der Waals surface area contributed by atoms with Crippen LogP contribution in [0, 0.1) is 0 Å². The van der Waals surface area contributed by atoms with E-state index < -0.39 is 17.7 Å². The van der Waals surface area contributed by atoms with Crippen LogP contribution < -0.4 is 9.47 Å². The van der Waals surface area contributed by atoms with Gasteiger partial charge in [0.25, 0.3) is 11.7 Å². The second-order valence-electron chi connectivity index (χ2n) is 9.34. The van der Waals surface area contributed by atoms with Crippen molar-refractivity contribution in [2.45, 2.75) is 25.4 Å². The summed E-state index contributed by atoms with van der Waals surface area (Å²) < 4.78 is 11.0. The Hall–Kier alpha value is -4.52. The van der Waals surface area contributed by atoms with E-state index in [1.165, 1.54) is 4.90 Å². The van der Waals surface area contributed by atoms with Crippen molar-refractivity contribution < 1.29 is 24.2 Å². The third-order valence-electron chi connectivity index (χ3n) is 7.15. The van der Waals surface area contributed by atoms with Gasteiger partial charge >= 0.3 is 0 Å². The summed E-state index contributed by atoms with van der Waals surface area (Å²) in [5, 5.41) is 12.4. The summed E-state index contributed by atoms with van der Waals surface area (Å²) in [6.07, 6.45) is 3.53. The number of aliphatic hydroxyl groups excluding tert-OH is 1. The van der Waals surface area contributed by atoms with Crippen molar-refractivity contribution in [2.75, 3.05) is 13.7 Å². The quantitative estimate of drug-likeness (QED) is 0.228. The normalized spacial score (nSPS) is 18.6. The van der Waals surface area contributed by atoms with Gasteiger partial charge in [-0.3, -0.25) is 9.59 Å². The van der Waals surface area contributed by atoms with Gasteiger partial charge in [-0.25, -0.2) is 0 Å². The van der Waals surface area contributed by atoms with Gasteiger partial charge in [0.05, 0.1) is 25.3 Å². The third-order valence-corrected chi connectivity index (χ3v) is 7.15. The van der Waals surface area contributed by atoms with Crippen LogP contribution >= 0.6 is 0 Å². The molecule has 1 atom stereocenters. The van der Waals surface area contributed by atoms with Crippen LogP contribution in [0.15, 0.2) is 78.5 Å². The maximum atomic E-state index is 13.5. The van der Waals surface area contributed by atoms with Gasteiger partial charge in [0.2, 0.25) is 0 Å². The number of aromatic amines is 1. The molecule has 2 N–H and O–H groups in total. The maximum Gasteiger partial charge on any atom is 0.295 e. The van der Waals surface area contributed by atoms with Gasteiger partial charge in [-0.05, 0) is 60.4 Å². The van der Waals surface area contributed by atoms with E-state index in [9.17, 15) is 14.7 Å². The van der Waals surface area contributed by atoms with Crippen molar-refractivity contribution in [1.82, 2.24) is 9.88 Å². The molecule has 1 fully saturated rings. The highest BCUT2D eigenvalue weighted by Crippen LogP contribution is 2.43. The molecule has 1 aromatic heterocycles. The van der Waals surface area contributed by atoms with Crippen molar-refractivity contribution in [3.63, 3.8) is 0 Å². The van der Waals surface area contributed by atoms with Crippen LogP contribution in [0.3, 0.4) is 0 Å². The Kier molecular flexibility index (Phi) is 5.68. The summed E-state index contributed by atoms with van der Waals surface area (Å²) in [5.74, 6) is -0.0326. The zero-order valence-corrected chi connectivity index (χ0v) is 20.4. The number of ketones is 1. The van der Waals surface area contributed by atoms with E-state index in [0.717, 1.165) is 46.2 Å². The number of aromatic nitrogens is 1. The minimum Gasteiger partial charge on any atom is -0.507 e. The second-order valence-corrected chi connectivity index (χ2v) is 9.34. The molecule has 7 heteroatoms. The fourth-order valence-corrected chi connectivity index (χ4v) is 5.28. The number of methoxy groups -OCH3 is 1. The SMILES string of the molecule is COc1ccc(CN2C(=O)C(=O)/C(=C(/O)c3ccc4c(c3)CCCO4)C2c2c[nH]c3ccccc23)cc1. The van der Waals surface area contributed by atoms with Gasteiger partial charge < -0.3 is 24.5 Å². The highest BCUT2D eigenvalue weighted by molar-refractivity contribution is 6.46. The number of para-hydroxylation sites is 1. The van der Waals surface area contributed by atoms with Gasteiger partial charge in [-0.15, -0.1) is 0 Å². The molecule has 7 nitrogen and oxygen atoms in total. The number of carbonyl (C=O) groups is 2. The van der Waals surface area contributed by atoms with Gasteiger partial charge in [-0.1, -0.05) is 30.3 Å². The van der Waals surface area contributed by atoms with E-state index in [-0.39, 0.29) is 17.9 Å². The lowest BCUT2D eigenvalue weighted by Crippen LogP contribution is -2.29. The standard InChI is InChI=1S/C30H26N2O5/c1-36-21-11-8-18(9-12-21)17-32-27(23-16-31-24-7-3-2-6-22(23)24)26(29(34)30(32)35)28(33)20-10-13-25-19(15-20)5-4-14-37-25/h2-3,6-13,15-16,27,31,33H,4-5,14,17H2,1H3/b28-26+. The molecule has 0 spiro atoms. The zero-order chi connectivity index (χ0) is 25.5. The second kappa shape index (κ2) is 9.17. The van der Waals surface area contributed by atoms with E-state index in [2.05, 4.69) is 4.98 Å². The Labute approximate surface area is 213 Å². The van der Waals surface area contributed by atoms with Crippen LogP contribution in [-0.4, -0.2) is 40.4 Å². The largest absolute Gasteiger partial charge is 0.507 e. The van der Waals surface area contributed by atoms with E-state index in [1.807, 2.05) is 66.9 Å². The Morgan fingerprint density at radius 1 is 1.11 bits per heavy atom. The average molecular weight is 495 g/mol. The minimum absolute atomic E-state index is 0.0833. The molecule has 0 saturated carbocycles. The first-order valence-electron chi connectivity index (χ1n) is 12.3. The number of nitrogens with one attached hydrogen (secondary N) is 1. The lowest BCUT2D eigenvalue weighted by Gasteiger charge is -2.25. The van der Waals surface area contributed by atoms with Gasteiger partial charge in [0.1, 0.15) is 17.3 Å². The molecule has 0 bridgehead atoms. The highest BCUT2D eigenvalue weighted by Gasteiger charge is 2.47. The summed E-state index contributed by atoms with van der Waals surface area (Å²) in [4.78, 5) is 31.7. The number of hydrogen-bond acceptors (Lipinski definition) is 5. The number of aliphatic hydroxyl groups is 1. The molecule has 3 heterocycles. The number of hydrogen-bond donors (Lipinski definition) is 2. The van der Waals surface area contributed by atoms with Crippen LogP contribution in [0.1, 0.15) is 34.7 Å². The van der Waals surface area contributed by atoms with Crippen LogP contribution in [0.25, 0.3) is 16.7 Å². The Morgan fingerprint density at radius 2 is 1.92 bits per heavy atom. The molecular weight excluding hydrogens is 468 g/mol. The topological polar surface area (TPSA) is 91.9 Å². The molecule has 2 aliphatic rings. The van der Waals surface area contributed by atoms with E-state index >= 15 is 0 Å². The predicted octanol–water partition coefficient (Wildman–Crippen LogP) is 5.12. The first kappa shape index (κ1) is 22.9. The number of H-pyrrole nitrogens is 1. The average Bonchev–Trinajstić information content (AvgIpc) is 3.47. The molecule has 1 saturated heterocycles. The van der Waals surface area contributed by atoms with Gasteiger partial charge in [0.15, 0.2) is 0 Å². The number of benzene rings is 3. The number of carbonyl (C=O) groups excluding carboxylic acids is 2. The smallest absolute Gasteiger partial charge is 0.295 e. The van der Waals surface area contributed by atoms with Crippen LogP contribution in [0.5, 0.6) is 11.5 Å². The highest BCUT2D eigenvalue weighted by atomic mass is 16.5. The minimum atomic E-state index is -0.759. The predicted molar refractivity (Wildman–Crippen MR) is 139 cm³/mol. The van der Waals surface area contributed by atoms with Crippen molar-refractivity contribution >= 4 is 28.4 Å². The number of likely N-dealkylation sites (tertiary alicyclic amines) is 1. The van der Waals surface area contributed by atoms with Crippen LogP contribution in [0.2, 0.25) is 0 Å². The molecule has 1 amide bonds. The zero-order valence-electron chi connectivity index (χ0n) is 20.4. The monoisotopic (exact) mass is 494 g/mol. The van der Waals surface area contributed by atoms with Gasteiger partial charge in [-0.2, -0.15) is 0 Å². The molecule has 0 radical (unpaired) electrons. The fourth-order valence-electron chi connectivity index (χ4n) is 5.28. The van der Waals surface area contributed by atoms with Crippen LogP contribution in [-0.2, 0) is 22.6 Å². The molecule has 37 heavy (non-hydrogen) atoms.